The third kappa shape index (κ3) is 5.40. The van der Waals surface area contributed by atoms with Gasteiger partial charge in [-0.25, -0.2) is 0 Å². The Morgan fingerprint density at radius 1 is 1.38 bits per heavy atom. The van der Waals surface area contributed by atoms with Crippen molar-refractivity contribution in [1.29, 1.82) is 0 Å². The molecule has 6 heteroatoms. The van der Waals surface area contributed by atoms with Gasteiger partial charge in [-0.15, -0.1) is 12.4 Å². The van der Waals surface area contributed by atoms with Gasteiger partial charge >= 0.3 is 0 Å². The van der Waals surface area contributed by atoms with Gasteiger partial charge in [0.05, 0.1) is 12.2 Å². The quantitative estimate of drug-likeness (QED) is 0.807. The van der Waals surface area contributed by atoms with Crippen molar-refractivity contribution in [2.24, 2.45) is 11.7 Å². The van der Waals surface area contributed by atoms with Crippen LogP contribution in [-0.4, -0.2) is 55.4 Å². The summed E-state index contributed by atoms with van der Waals surface area (Å²) in [5.74, 6) is 0.783. The summed E-state index contributed by atoms with van der Waals surface area (Å²) in [5, 5.41) is 0. The highest BCUT2D eigenvalue weighted by molar-refractivity contribution is 5.85. The number of carbonyl (C=O) groups excluding carboxylic acids is 1. The summed E-state index contributed by atoms with van der Waals surface area (Å²) in [6, 6.07) is 0. The second-order valence-corrected chi connectivity index (χ2v) is 6.31. The van der Waals surface area contributed by atoms with E-state index in [1.54, 1.807) is 0 Å². The minimum absolute atomic E-state index is 0. The van der Waals surface area contributed by atoms with Crippen molar-refractivity contribution in [1.82, 2.24) is 4.90 Å². The number of carbonyl (C=O) groups is 1. The fourth-order valence-electron chi connectivity index (χ4n) is 2.80. The minimum atomic E-state index is -0.280. The molecule has 2 aliphatic rings. The third-order valence-corrected chi connectivity index (χ3v) is 4.15. The van der Waals surface area contributed by atoms with Crippen LogP contribution < -0.4 is 5.73 Å². The van der Waals surface area contributed by atoms with Crippen LogP contribution in [-0.2, 0) is 14.3 Å². The van der Waals surface area contributed by atoms with Crippen LogP contribution in [0.4, 0.5) is 0 Å². The summed E-state index contributed by atoms with van der Waals surface area (Å²) in [6.07, 6.45) is 3.70. The SMILES string of the molecule is CC(C)CCOC1CCN(C(=O)[C@@H]2CC[C@H](CN)O2)C1.Cl. The van der Waals surface area contributed by atoms with Crippen molar-refractivity contribution in [3.63, 3.8) is 0 Å². The van der Waals surface area contributed by atoms with Crippen molar-refractivity contribution in [3.8, 4) is 0 Å². The minimum Gasteiger partial charge on any atom is -0.376 e. The molecule has 21 heavy (non-hydrogen) atoms. The van der Waals surface area contributed by atoms with Gasteiger partial charge < -0.3 is 20.1 Å². The number of likely N-dealkylation sites (tertiary alicyclic amines) is 1. The first-order chi connectivity index (χ1) is 9.60. The predicted molar refractivity (Wildman–Crippen MR) is 84.6 cm³/mol. The smallest absolute Gasteiger partial charge is 0.251 e. The van der Waals surface area contributed by atoms with E-state index in [1.807, 2.05) is 4.90 Å². The number of hydrogen-bond donors (Lipinski definition) is 1. The standard InChI is InChI=1S/C15H28N2O3.ClH/c1-11(2)6-8-19-13-5-7-17(10-13)15(18)14-4-3-12(9-16)20-14;/h11-14H,3-10,16H2,1-2H3;1H/t12-,13?,14+;/m1./s1. The van der Waals surface area contributed by atoms with Crippen molar-refractivity contribution in [2.45, 2.75) is 57.8 Å². The second kappa shape index (κ2) is 8.93. The molecule has 2 heterocycles. The van der Waals surface area contributed by atoms with Crippen molar-refractivity contribution >= 4 is 18.3 Å². The summed E-state index contributed by atoms with van der Waals surface area (Å²) in [4.78, 5) is 14.2. The van der Waals surface area contributed by atoms with E-state index in [9.17, 15) is 4.79 Å². The average Bonchev–Trinajstić information content (AvgIpc) is 3.06. The van der Waals surface area contributed by atoms with Crippen LogP contribution in [0.15, 0.2) is 0 Å². The van der Waals surface area contributed by atoms with E-state index in [2.05, 4.69) is 13.8 Å². The molecule has 1 amide bonds. The van der Waals surface area contributed by atoms with Crippen LogP contribution in [0.1, 0.15) is 39.5 Å². The van der Waals surface area contributed by atoms with Gasteiger partial charge in [-0.2, -0.15) is 0 Å². The first-order valence-corrected chi connectivity index (χ1v) is 7.86. The molecule has 124 valence electrons. The van der Waals surface area contributed by atoms with Gasteiger partial charge in [0.1, 0.15) is 6.10 Å². The van der Waals surface area contributed by atoms with Gasteiger partial charge in [0.25, 0.3) is 5.91 Å². The van der Waals surface area contributed by atoms with Crippen LogP contribution >= 0.6 is 12.4 Å². The van der Waals surface area contributed by atoms with E-state index in [1.165, 1.54) is 0 Å². The molecule has 2 saturated heterocycles. The molecule has 2 N–H and O–H groups in total. The van der Waals surface area contributed by atoms with Gasteiger partial charge in [-0.3, -0.25) is 4.79 Å². The summed E-state index contributed by atoms with van der Waals surface area (Å²) in [5.41, 5.74) is 5.58. The number of amides is 1. The summed E-state index contributed by atoms with van der Waals surface area (Å²) in [7, 11) is 0. The Kier molecular flexibility index (Phi) is 7.95. The molecule has 0 aromatic carbocycles. The summed E-state index contributed by atoms with van der Waals surface area (Å²) < 4.78 is 11.5. The van der Waals surface area contributed by atoms with Crippen LogP contribution in [0.5, 0.6) is 0 Å². The highest BCUT2D eigenvalue weighted by atomic mass is 35.5. The lowest BCUT2D eigenvalue weighted by Gasteiger charge is -2.21. The van der Waals surface area contributed by atoms with Gasteiger partial charge in [0.2, 0.25) is 0 Å². The van der Waals surface area contributed by atoms with Gasteiger partial charge in [0.15, 0.2) is 0 Å². The normalized spacial score (nSPS) is 29.0. The molecular formula is C15H29ClN2O3. The Labute approximate surface area is 133 Å². The van der Waals surface area contributed by atoms with E-state index in [0.29, 0.717) is 19.0 Å². The zero-order chi connectivity index (χ0) is 14.5. The topological polar surface area (TPSA) is 64.8 Å². The number of ether oxygens (including phenoxy) is 2. The number of hydrogen-bond acceptors (Lipinski definition) is 4. The molecule has 0 aromatic heterocycles. The Morgan fingerprint density at radius 3 is 2.76 bits per heavy atom. The Balaban J connectivity index is 0.00000220. The Bertz CT molecular complexity index is 328. The molecule has 2 fully saturated rings. The van der Waals surface area contributed by atoms with Crippen molar-refractivity contribution in [2.75, 3.05) is 26.2 Å². The summed E-state index contributed by atoms with van der Waals surface area (Å²) in [6.45, 7) is 7.19. The lowest BCUT2D eigenvalue weighted by molar-refractivity contribution is -0.142. The zero-order valence-electron chi connectivity index (χ0n) is 13.1. The molecule has 0 bridgehead atoms. The van der Waals surface area contributed by atoms with Crippen LogP contribution in [0.25, 0.3) is 0 Å². The number of nitrogens with zero attached hydrogens (tertiary/aromatic N) is 1. The second-order valence-electron chi connectivity index (χ2n) is 6.31. The lowest BCUT2D eigenvalue weighted by atomic mass is 10.1. The van der Waals surface area contributed by atoms with Crippen LogP contribution in [0, 0.1) is 5.92 Å². The van der Waals surface area contributed by atoms with E-state index >= 15 is 0 Å². The summed E-state index contributed by atoms with van der Waals surface area (Å²) >= 11 is 0. The van der Waals surface area contributed by atoms with Gasteiger partial charge in [-0.05, 0) is 31.6 Å². The van der Waals surface area contributed by atoms with E-state index in [0.717, 1.165) is 38.8 Å². The van der Waals surface area contributed by atoms with Crippen LogP contribution in [0.3, 0.4) is 0 Å². The first-order valence-electron chi connectivity index (χ1n) is 7.86. The van der Waals surface area contributed by atoms with Crippen molar-refractivity contribution in [3.05, 3.63) is 0 Å². The van der Waals surface area contributed by atoms with Crippen molar-refractivity contribution < 1.29 is 14.3 Å². The Hall–Kier alpha value is -0.360. The molecule has 3 atom stereocenters. The zero-order valence-corrected chi connectivity index (χ0v) is 13.9. The highest BCUT2D eigenvalue weighted by Crippen LogP contribution is 2.23. The van der Waals surface area contributed by atoms with E-state index in [-0.39, 0.29) is 36.6 Å². The molecule has 2 rings (SSSR count). The van der Waals surface area contributed by atoms with E-state index < -0.39 is 0 Å². The third-order valence-electron chi connectivity index (χ3n) is 4.15. The maximum atomic E-state index is 12.3. The molecule has 0 spiro atoms. The fraction of sp³-hybridized carbons (Fsp3) is 0.933. The largest absolute Gasteiger partial charge is 0.376 e. The molecule has 0 saturated carbocycles. The van der Waals surface area contributed by atoms with E-state index in [4.69, 9.17) is 15.2 Å². The molecule has 5 nitrogen and oxygen atoms in total. The first kappa shape index (κ1) is 18.7. The highest BCUT2D eigenvalue weighted by Gasteiger charge is 2.36. The fourth-order valence-corrected chi connectivity index (χ4v) is 2.80. The maximum Gasteiger partial charge on any atom is 0.251 e. The molecule has 0 radical (unpaired) electrons. The molecular weight excluding hydrogens is 292 g/mol. The van der Waals surface area contributed by atoms with Crippen LogP contribution in [0.2, 0.25) is 0 Å². The lowest BCUT2D eigenvalue weighted by Crippen LogP contribution is -2.39. The Morgan fingerprint density at radius 2 is 2.14 bits per heavy atom. The molecule has 0 aromatic rings. The monoisotopic (exact) mass is 320 g/mol. The molecule has 0 aliphatic carbocycles. The van der Waals surface area contributed by atoms with Gasteiger partial charge in [-0.1, -0.05) is 13.8 Å². The maximum absolute atomic E-state index is 12.3. The molecule has 2 aliphatic heterocycles. The number of rotatable bonds is 6. The average molecular weight is 321 g/mol. The number of halogens is 1. The number of nitrogens with two attached hydrogens (primary N) is 1. The molecule has 1 unspecified atom stereocenters. The predicted octanol–water partition coefficient (Wildman–Crippen LogP) is 1.58. The van der Waals surface area contributed by atoms with Gasteiger partial charge in [0, 0.05) is 26.2 Å².